The van der Waals surface area contributed by atoms with Gasteiger partial charge in [-0.3, -0.25) is 0 Å². The first-order valence-electron chi connectivity index (χ1n) is 6.32. The van der Waals surface area contributed by atoms with E-state index < -0.39 is 5.97 Å². The molecule has 102 valence electrons. The van der Waals surface area contributed by atoms with E-state index in [9.17, 15) is 4.79 Å². The second kappa shape index (κ2) is 4.86. The second-order valence-electron chi connectivity index (χ2n) is 4.56. The van der Waals surface area contributed by atoms with E-state index in [1.165, 1.54) is 0 Å². The standard InChI is InChI=1S/C15H14N2O3/c18-9-8-17-7-6-11-10(2-1-3-14(11)17)12-4-5-13(16-12)15(19)20/h1-7,16,18H,8-9H2,(H,19,20). The molecule has 3 N–H and O–H groups in total. The molecule has 0 spiro atoms. The lowest BCUT2D eigenvalue weighted by Gasteiger charge is -2.05. The van der Waals surface area contributed by atoms with Gasteiger partial charge in [-0.25, -0.2) is 4.79 Å². The molecule has 2 heterocycles. The van der Waals surface area contributed by atoms with Gasteiger partial charge in [0.1, 0.15) is 5.69 Å². The van der Waals surface area contributed by atoms with Crippen LogP contribution in [0.25, 0.3) is 22.2 Å². The summed E-state index contributed by atoms with van der Waals surface area (Å²) in [6.45, 7) is 0.623. The third-order valence-electron chi connectivity index (χ3n) is 3.36. The van der Waals surface area contributed by atoms with Crippen LogP contribution in [-0.2, 0) is 6.54 Å². The number of rotatable bonds is 4. The van der Waals surface area contributed by atoms with Gasteiger partial charge >= 0.3 is 5.97 Å². The van der Waals surface area contributed by atoms with Crippen molar-refractivity contribution in [2.24, 2.45) is 0 Å². The zero-order valence-corrected chi connectivity index (χ0v) is 10.7. The van der Waals surface area contributed by atoms with Gasteiger partial charge in [-0.15, -0.1) is 0 Å². The minimum atomic E-state index is -0.971. The highest BCUT2D eigenvalue weighted by molar-refractivity contribution is 5.96. The molecule has 0 aliphatic heterocycles. The molecular formula is C15H14N2O3. The molecule has 3 rings (SSSR count). The van der Waals surface area contributed by atoms with E-state index in [-0.39, 0.29) is 12.3 Å². The number of carbonyl (C=O) groups is 1. The van der Waals surface area contributed by atoms with Crippen molar-refractivity contribution in [1.82, 2.24) is 9.55 Å². The van der Waals surface area contributed by atoms with E-state index in [1.54, 1.807) is 12.1 Å². The number of carboxylic acid groups (broad SMARTS) is 1. The van der Waals surface area contributed by atoms with E-state index in [1.807, 2.05) is 35.0 Å². The summed E-state index contributed by atoms with van der Waals surface area (Å²) in [6, 6.07) is 11.1. The Bertz CT molecular complexity index is 770. The Labute approximate surface area is 115 Å². The van der Waals surface area contributed by atoms with Crippen molar-refractivity contribution in [2.75, 3.05) is 6.61 Å². The number of aromatic carboxylic acids is 1. The van der Waals surface area contributed by atoms with Crippen LogP contribution in [0.4, 0.5) is 0 Å². The summed E-state index contributed by atoms with van der Waals surface area (Å²) in [6.07, 6.45) is 1.92. The van der Waals surface area contributed by atoms with Crippen LogP contribution in [0, 0.1) is 0 Å². The summed E-state index contributed by atoms with van der Waals surface area (Å²) in [4.78, 5) is 13.8. The first kappa shape index (κ1) is 12.5. The van der Waals surface area contributed by atoms with Gasteiger partial charge < -0.3 is 19.8 Å². The van der Waals surface area contributed by atoms with Crippen LogP contribution in [0.15, 0.2) is 42.6 Å². The molecule has 0 radical (unpaired) electrons. The fourth-order valence-electron chi connectivity index (χ4n) is 2.44. The molecule has 0 unspecified atom stereocenters. The predicted molar refractivity (Wildman–Crippen MR) is 75.8 cm³/mol. The molecule has 20 heavy (non-hydrogen) atoms. The Morgan fingerprint density at radius 1 is 1.20 bits per heavy atom. The van der Waals surface area contributed by atoms with Crippen LogP contribution >= 0.6 is 0 Å². The highest BCUT2D eigenvalue weighted by atomic mass is 16.4. The molecule has 0 aliphatic rings. The summed E-state index contributed by atoms with van der Waals surface area (Å²) in [5.74, 6) is -0.971. The number of hydrogen-bond donors (Lipinski definition) is 3. The fraction of sp³-hybridized carbons (Fsp3) is 0.133. The van der Waals surface area contributed by atoms with Crippen molar-refractivity contribution in [3.63, 3.8) is 0 Å². The van der Waals surface area contributed by atoms with Crippen LogP contribution in [-0.4, -0.2) is 32.3 Å². The van der Waals surface area contributed by atoms with Crippen LogP contribution in [0.1, 0.15) is 10.5 Å². The summed E-state index contributed by atoms with van der Waals surface area (Å²) in [7, 11) is 0. The zero-order chi connectivity index (χ0) is 14.1. The van der Waals surface area contributed by atoms with Crippen molar-refractivity contribution in [3.05, 3.63) is 48.3 Å². The molecule has 5 nitrogen and oxygen atoms in total. The van der Waals surface area contributed by atoms with E-state index >= 15 is 0 Å². The Balaban J connectivity index is 2.13. The maximum absolute atomic E-state index is 10.9. The number of aliphatic hydroxyl groups excluding tert-OH is 1. The number of nitrogens with one attached hydrogen (secondary N) is 1. The lowest BCUT2D eigenvalue weighted by Crippen LogP contribution is -1.99. The van der Waals surface area contributed by atoms with Gasteiger partial charge in [0.15, 0.2) is 0 Å². The number of benzene rings is 1. The number of aliphatic hydroxyl groups is 1. The van der Waals surface area contributed by atoms with E-state index in [2.05, 4.69) is 4.98 Å². The van der Waals surface area contributed by atoms with Crippen molar-refractivity contribution < 1.29 is 15.0 Å². The maximum Gasteiger partial charge on any atom is 0.352 e. The van der Waals surface area contributed by atoms with Crippen LogP contribution in [0.2, 0.25) is 0 Å². The van der Waals surface area contributed by atoms with Crippen molar-refractivity contribution in [3.8, 4) is 11.3 Å². The predicted octanol–water partition coefficient (Wildman–Crippen LogP) is 2.33. The fourth-order valence-corrected chi connectivity index (χ4v) is 2.44. The summed E-state index contributed by atoms with van der Waals surface area (Å²) in [5, 5.41) is 19.1. The average molecular weight is 270 g/mol. The van der Waals surface area contributed by atoms with Gasteiger partial charge in [0.05, 0.1) is 6.61 Å². The highest BCUT2D eigenvalue weighted by Crippen LogP contribution is 2.28. The molecule has 0 saturated carbocycles. The van der Waals surface area contributed by atoms with Gasteiger partial charge in [0, 0.05) is 34.9 Å². The minimum Gasteiger partial charge on any atom is -0.477 e. The van der Waals surface area contributed by atoms with Crippen LogP contribution in [0.5, 0.6) is 0 Å². The lowest BCUT2D eigenvalue weighted by molar-refractivity contribution is 0.0691. The third-order valence-corrected chi connectivity index (χ3v) is 3.36. The molecule has 0 saturated heterocycles. The topological polar surface area (TPSA) is 78.2 Å². The third kappa shape index (κ3) is 1.98. The van der Waals surface area contributed by atoms with E-state index in [4.69, 9.17) is 10.2 Å². The SMILES string of the molecule is O=C(O)c1ccc(-c2cccc3c2ccn3CCO)[nH]1. The Hall–Kier alpha value is -2.53. The average Bonchev–Trinajstić information content (AvgIpc) is 3.06. The molecule has 0 atom stereocenters. The Morgan fingerprint density at radius 2 is 2.05 bits per heavy atom. The quantitative estimate of drug-likeness (QED) is 0.680. The first-order chi connectivity index (χ1) is 9.70. The molecule has 5 heteroatoms. The smallest absolute Gasteiger partial charge is 0.352 e. The van der Waals surface area contributed by atoms with Crippen molar-refractivity contribution in [1.29, 1.82) is 0 Å². The molecule has 0 bridgehead atoms. The normalized spacial score (nSPS) is 11.1. The molecular weight excluding hydrogens is 256 g/mol. The first-order valence-corrected chi connectivity index (χ1v) is 6.32. The van der Waals surface area contributed by atoms with Crippen LogP contribution in [0.3, 0.4) is 0 Å². The second-order valence-corrected chi connectivity index (χ2v) is 4.56. The number of fused-ring (bicyclic) bond motifs is 1. The van der Waals surface area contributed by atoms with Gasteiger partial charge in [0.25, 0.3) is 0 Å². The number of hydrogen-bond acceptors (Lipinski definition) is 2. The Kier molecular flexibility index (Phi) is 3.04. The minimum absolute atomic E-state index is 0.0830. The molecule has 0 amide bonds. The van der Waals surface area contributed by atoms with Crippen LogP contribution < -0.4 is 0 Å². The van der Waals surface area contributed by atoms with Crippen molar-refractivity contribution >= 4 is 16.9 Å². The zero-order valence-electron chi connectivity index (χ0n) is 10.7. The van der Waals surface area contributed by atoms with E-state index in [0.717, 1.165) is 22.2 Å². The van der Waals surface area contributed by atoms with Crippen molar-refractivity contribution in [2.45, 2.75) is 6.54 Å². The maximum atomic E-state index is 10.9. The van der Waals surface area contributed by atoms with Gasteiger partial charge in [0.2, 0.25) is 0 Å². The van der Waals surface area contributed by atoms with E-state index in [0.29, 0.717) is 6.54 Å². The number of nitrogens with zero attached hydrogens (tertiary/aromatic N) is 1. The highest BCUT2D eigenvalue weighted by Gasteiger charge is 2.11. The van der Waals surface area contributed by atoms with Gasteiger partial charge in [-0.05, 0) is 24.3 Å². The molecule has 1 aromatic carbocycles. The summed E-state index contributed by atoms with van der Waals surface area (Å²) >= 11 is 0. The Morgan fingerprint density at radius 3 is 2.75 bits per heavy atom. The van der Waals surface area contributed by atoms with Gasteiger partial charge in [-0.1, -0.05) is 12.1 Å². The summed E-state index contributed by atoms with van der Waals surface area (Å²) in [5.41, 5.74) is 2.91. The summed E-state index contributed by atoms with van der Waals surface area (Å²) < 4.78 is 1.97. The number of aromatic nitrogens is 2. The molecule has 3 aromatic rings. The molecule has 0 aliphatic carbocycles. The van der Waals surface area contributed by atoms with Gasteiger partial charge in [-0.2, -0.15) is 0 Å². The monoisotopic (exact) mass is 270 g/mol. The number of carboxylic acids is 1. The number of aromatic amines is 1. The number of H-pyrrole nitrogens is 1. The molecule has 2 aromatic heterocycles. The molecule has 0 fully saturated rings. The largest absolute Gasteiger partial charge is 0.477 e. The lowest BCUT2D eigenvalue weighted by atomic mass is 10.1.